The van der Waals surface area contributed by atoms with Crippen molar-refractivity contribution in [2.24, 2.45) is 0 Å². The van der Waals surface area contributed by atoms with Crippen LogP contribution in [0.2, 0.25) is 0 Å². The Balaban J connectivity index is 1.88. The van der Waals surface area contributed by atoms with Crippen LogP contribution in [0.4, 0.5) is 5.69 Å². The van der Waals surface area contributed by atoms with E-state index in [0.29, 0.717) is 5.56 Å². The van der Waals surface area contributed by atoms with Crippen LogP contribution >= 0.6 is 0 Å². The molecule has 0 saturated carbocycles. The van der Waals surface area contributed by atoms with Gasteiger partial charge in [-0.2, -0.15) is 5.10 Å². The van der Waals surface area contributed by atoms with E-state index >= 15 is 0 Å². The number of carbonyl (C=O) groups is 1. The van der Waals surface area contributed by atoms with Gasteiger partial charge in [0.05, 0.1) is 11.1 Å². The molecule has 0 aliphatic heterocycles. The lowest BCUT2D eigenvalue weighted by molar-refractivity contribution is 0.102. The maximum atomic E-state index is 12.0. The molecule has 0 spiro atoms. The minimum Gasteiger partial charge on any atom is -0.322 e. The van der Waals surface area contributed by atoms with Crippen LogP contribution in [0.1, 0.15) is 10.4 Å². The van der Waals surface area contributed by atoms with Crippen LogP contribution in [0.5, 0.6) is 0 Å². The van der Waals surface area contributed by atoms with Crippen molar-refractivity contribution < 1.29 is 4.79 Å². The quantitative estimate of drug-likeness (QED) is 0.744. The number of rotatable bonds is 2. The van der Waals surface area contributed by atoms with Crippen LogP contribution in [0.25, 0.3) is 5.52 Å². The van der Waals surface area contributed by atoms with E-state index in [-0.39, 0.29) is 5.91 Å². The summed E-state index contributed by atoms with van der Waals surface area (Å²) in [4.78, 5) is 12.0. The molecule has 1 N–H and O–H groups in total. The summed E-state index contributed by atoms with van der Waals surface area (Å²) in [6.45, 7) is 0. The number of aromatic nitrogens is 2. The Morgan fingerprint density at radius 3 is 2.72 bits per heavy atom. The number of nitrogens with one attached hydrogen (secondary N) is 1. The Hall–Kier alpha value is -2.62. The molecule has 3 rings (SSSR count). The summed E-state index contributed by atoms with van der Waals surface area (Å²) in [6, 6.07) is 14.9. The van der Waals surface area contributed by atoms with E-state index < -0.39 is 0 Å². The predicted octanol–water partition coefficient (Wildman–Crippen LogP) is 2.59. The van der Waals surface area contributed by atoms with E-state index in [4.69, 9.17) is 0 Å². The second-order valence-corrected chi connectivity index (χ2v) is 3.94. The monoisotopic (exact) mass is 237 g/mol. The Morgan fingerprint density at radius 1 is 1.11 bits per heavy atom. The molecule has 4 nitrogen and oxygen atoms in total. The van der Waals surface area contributed by atoms with Crippen molar-refractivity contribution in [1.29, 1.82) is 0 Å². The summed E-state index contributed by atoms with van der Waals surface area (Å²) in [5.41, 5.74) is 2.28. The van der Waals surface area contributed by atoms with Gasteiger partial charge in [-0.15, -0.1) is 0 Å². The molecule has 1 aromatic carbocycles. The summed E-state index contributed by atoms with van der Waals surface area (Å²) in [5.74, 6) is -0.133. The van der Waals surface area contributed by atoms with Crippen molar-refractivity contribution >= 4 is 17.1 Å². The summed E-state index contributed by atoms with van der Waals surface area (Å²) in [7, 11) is 0. The van der Waals surface area contributed by atoms with Crippen LogP contribution in [0.3, 0.4) is 0 Å². The van der Waals surface area contributed by atoms with Crippen LogP contribution in [0.15, 0.2) is 60.9 Å². The molecule has 2 heterocycles. The van der Waals surface area contributed by atoms with E-state index in [1.807, 2.05) is 48.5 Å². The number of hydrogen-bond acceptors (Lipinski definition) is 2. The third-order valence-corrected chi connectivity index (χ3v) is 2.67. The normalized spacial score (nSPS) is 10.4. The number of hydrogen-bond donors (Lipinski definition) is 1. The highest BCUT2D eigenvalue weighted by Crippen LogP contribution is 2.11. The first-order chi connectivity index (χ1) is 8.83. The van der Waals surface area contributed by atoms with Crippen LogP contribution in [-0.2, 0) is 0 Å². The molecule has 0 aliphatic carbocycles. The second kappa shape index (κ2) is 4.33. The van der Waals surface area contributed by atoms with Gasteiger partial charge in [0.15, 0.2) is 0 Å². The first-order valence-corrected chi connectivity index (χ1v) is 5.63. The Morgan fingerprint density at radius 2 is 1.94 bits per heavy atom. The predicted molar refractivity (Wildman–Crippen MR) is 69.6 cm³/mol. The first-order valence-electron chi connectivity index (χ1n) is 5.63. The standard InChI is InChI=1S/C14H11N3O/c18-14(16-12-5-2-1-3-6-12)11-9-13-7-4-8-15-17(13)10-11/h1-10H,(H,16,18). The van der Waals surface area contributed by atoms with E-state index in [0.717, 1.165) is 11.2 Å². The minimum absolute atomic E-state index is 0.133. The van der Waals surface area contributed by atoms with Crippen molar-refractivity contribution in [2.75, 3.05) is 5.32 Å². The molecule has 0 saturated heterocycles. The van der Waals surface area contributed by atoms with E-state index in [1.54, 1.807) is 16.9 Å². The fraction of sp³-hybridized carbons (Fsp3) is 0. The number of anilines is 1. The van der Waals surface area contributed by atoms with Gasteiger partial charge in [0.1, 0.15) is 0 Å². The Labute approximate surface area is 104 Å². The van der Waals surface area contributed by atoms with E-state index in [9.17, 15) is 4.79 Å². The second-order valence-electron chi connectivity index (χ2n) is 3.94. The number of benzene rings is 1. The Bertz CT molecular complexity index is 655. The highest BCUT2D eigenvalue weighted by atomic mass is 16.1. The third-order valence-electron chi connectivity index (χ3n) is 2.67. The molecule has 1 amide bonds. The van der Waals surface area contributed by atoms with Gasteiger partial charge < -0.3 is 5.32 Å². The lowest BCUT2D eigenvalue weighted by atomic mass is 10.2. The van der Waals surface area contributed by atoms with Crippen LogP contribution < -0.4 is 5.32 Å². The number of amides is 1. The zero-order chi connectivity index (χ0) is 12.4. The molecule has 4 heteroatoms. The van der Waals surface area contributed by atoms with Gasteiger partial charge >= 0.3 is 0 Å². The highest BCUT2D eigenvalue weighted by molar-refractivity contribution is 6.05. The van der Waals surface area contributed by atoms with Crippen molar-refractivity contribution in [3.8, 4) is 0 Å². The molecule has 0 aliphatic rings. The van der Waals surface area contributed by atoms with Crippen molar-refractivity contribution in [1.82, 2.24) is 9.61 Å². The van der Waals surface area contributed by atoms with Crippen molar-refractivity contribution in [2.45, 2.75) is 0 Å². The Kier molecular flexibility index (Phi) is 2.53. The van der Waals surface area contributed by atoms with Gasteiger partial charge in [0, 0.05) is 18.1 Å². The van der Waals surface area contributed by atoms with Crippen LogP contribution in [0, 0.1) is 0 Å². The average Bonchev–Trinajstić information content (AvgIpc) is 2.84. The van der Waals surface area contributed by atoms with Gasteiger partial charge in [0.2, 0.25) is 0 Å². The third kappa shape index (κ3) is 1.96. The molecule has 88 valence electrons. The number of carbonyl (C=O) groups excluding carboxylic acids is 1. The van der Waals surface area contributed by atoms with Gasteiger partial charge in [-0.05, 0) is 30.3 Å². The van der Waals surface area contributed by atoms with Gasteiger partial charge in [0.25, 0.3) is 5.91 Å². The summed E-state index contributed by atoms with van der Waals surface area (Å²) >= 11 is 0. The first kappa shape index (κ1) is 10.5. The van der Waals surface area contributed by atoms with Crippen molar-refractivity contribution in [3.05, 3.63) is 66.5 Å². The molecule has 3 aromatic rings. The molecule has 0 bridgehead atoms. The number of para-hydroxylation sites is 1. The van der Waals surface area contributed by atoms with E-state index in [2.05, 4.69) is 10.4 Å². The molecular formula is C14H11N3O. The fourth-order valence-corrected chi connectivity index (χ4v) is 1.79. The minimum atomic E-state index is -0.133. The average molecular weight is 237 g/mol. The van der Waals surface area contributed by atoms with Crippen LogP contribution in [-0.4, -0.2) is 15.5 Å². The van der Waals surface area contributed by atoms with Gasteiger partial charge in [-0.3, -0.25) is 4.79 Å². The SMILES string of the molecule is O=C(Nc1ccccc1)c1cc2cccnn2c1. The zero-order valence-electron chi connectivity index (χ0n) is 9.58. The molecular weight excluding hydrogens is 226 g/mol. The summed E-state index contributed by atoms with van der Waals surface area (Å²) in [5, 5.41) is 6.97. The fourth-order valence-electron chi connectivity index (χ4n) is 1.79. The molecule has 18 heavy (non-hydrogen) atoms. The zero-order valence-corrected chi connectivity index (χ0v) is 9.58. The van der Waals surface area contributed by atoms with Crippen molar-refractivity contribution in [3.63, 3.8) is 0 Å². The van der Waals surface area contributed by atoms with E-state index in [1.165, 1.54) is 0 Å². The maximum Gasteiger partial charge on any atom is 0.257 e. The largest absolute Gasteiger partial charge is 0.322 e. The molecule has 0 unspecified atom stereocenters. The lowest BCUT2D eigenvalue weighted by Crippen LogP contribution is -2.10. The summed E-state index contributed by atoms with van der Waals surface area (Å²) in [6.07, 6.45) is 3.40. The smallest absolute Gasteiger partial charge is 0.257 e. The molecule has 0 atom stereocenters. The van der Waals surface area contributed by atoms with Gasteiger partial charge in [-0.25, -0.2) is 4.52 Å². The maximum absolute atomic E-state index is 12.0. The number of fused-ring (bicyclic) bond motifs is 1. The number of nitrogens with zero attached hydrogens (tertiary/aromatic N) is 2. The highest BCUT2D eigenvalue weighted by Gasteiger charge is 2.08. The molecule has 0 fully saturated rings. The lowest BCUT2D eigenvalue weighted by Gasteiger charge is -2.02. The van der Waals surface area contributed by atoms with Gasteiger partial charge in [-0.1, -0.05) is 18.2 Å². The molecule has 0 radical (unpaired) electrons. The topological polar surface area (TPSA) is 46.4 Å². The summed E-state index contributed by atoms with van der Waals surface area (Å²) < 4.78 is 1.68. The molecule has 2 aromatic heterocycles.